The highest BCUT2D eigenvalue weighted by molar-refractivity contribution is 5.91. The van der Waals surface area contributed by atoms with Gasteiger partial charge in [-0.1, -0.05) is 19.9 Å². The Labute approximate surface area is 155 Å². The van der Waals surface area contributed by atoms with Crippen LogP contribution in [0.4, 0.5) is 0 Å². The van der Waals surface area contributed by atoms with Crippen LogP contribution in [-0.2, 0) is 0 Å². The van der Waals surface area contributed by atoms with E-state index < -0.39 is 5.91 Å². The van der Waals surface area contributed by atoms with Crippen LogP contribution < -0.4 is 5.73 Å². The van der Waals surface area contributed by atoms with Crippen molar-refractivity contribution in [1.82, 2.24) is 29.4 Å². The highest BCUT2D eigenvalue weighted by Crippen LogP contribution is 2.30. The molecule has 0 aliphatic carbocycles. The maximum absolute atomic E-state index is 11.7. The molecule has 136 valence electrons. The van der Waals surface area contributed by atoms with E-state index >= 15 is 0 Å². The van der Waals surface area contributed by atoms with Gasteiger partial charge in [0.15, 0.2) is 11.5 Å². The van der Waals surface area contributed by atoms with Crippen molar-refractivity contribution in [3.8, 4) is 17.2 Å². The van der Waals surface area contributed by atoms with Crippen LogP contribution in [0.3, 0.4) is 0 Å². The van der Waals surface area contributed by atoms with Gasteiger partial charge in [0, 0.05) is 11.3 Å². The summed E-state index contributed by atoms with van der Waals surface area (Å²) >= 11 is 0. The summed E-state index contributed by atoms with van der Waals surface area (Å²) in [5.74, 6) is 0.360. The summed E-state index contributed by atoms with van der Waals surface area (Å²) in [6, 6.07) is 9.45. The van der Waals surface area contributed by atoms with Gasteiger partial charge in [-0.15, -0.1) is 0 Å². The lowest BCUT2D eigenvalue weighted by Gasteiger charge is -2.11. The number of carbonyl (C=O) groups is 1. The van der Waals surface area contributed by atoms with Crippen LogP contribution in [-0.4, -0.2) is 35.3 Å². The van der Waals surface area contributed by atoms with Crippen LogP contribution >= 0.6 is 0 Å². The molecule has 0 saturated carbocycles. The summed E-state index contributed by atoms with van der Waals surface area (Å²) in [4.78, 5) is 20.4. The molecule has 0 aliphatic heterocycles. The molecule has 8 nitrogen and oxygen atoms in total. The topological polar surface area (TPSA) is 104 Å². The van der Waals surface area contributed by atoms with Crippen molar-refractivity contribution < 1.29 is 4.79 Å². The minimum Gasteiger partial charge on any atom is -0.364 e. The second kappa shape index (κ2) is 6.31. The lowest BCUT2D eigenvalue weighted by molar-refractivity contribution is 0.0993. The summed E-state index contributed by atoms with van der Waals surface area (Å²) < 4.78 is 3.24. The summed E-state index contributed by atoms with van der Waals surface area (Å²) in [6.45, 7) is 6.13. The molecule has 0 atom stereocenters. The Bertz CT molecular complexity index is 1160. The molecular formula is C19H19N7O. The second-order valence-electron chi connectivity index (χ2n) is 6.65. The molecule has 1 amide bonds. The molecule has 0 bridgehead atoms. The fourth-order valence-corrected chi connectivity index (χ4v) is 3.03. The molecule has 8 heteroatoms. The molecule has 0 spiro atoms. The van der Waals surface area contributed by atoms with Gasteiger partial charge in [0.25, 0.3) is 5.91 Å². The van der Waals surface area contributed by atoms with E-state index in [1.165, 1.54) is 10.7 Å². The number of nitrogens with zero attached hydrogens (tertiary/aromatic N) is 6. The molecule has 4 aromatic heterocycles. The Kier molecular flexibility index (Phi) is 3.95. The first-order chi connectivity index (χ1) is 13.0. The number of hydrogen-bond donors (Lipinski definition) is 1. The maximum Gasteiger partial charge on any atom is 0.269 e. The average molecular weight is 361 g/mol. The lowest BCUT2D eigenvalue weighted by atomic mass is 10.0. The SMILES string of the molecule is Cc1cccc(-n2ncc(C(C)C)c2-c2ccc3ncc(C(N)=O)n3n2)n1. The number of primary amides is 1. The monoisotopic (exact) mass is 361 g/mol. The molecule has 0 aliphatic rings. The van der Waals surface area contributed by atoms with E-state index in [4.69, 9.17) is 5.73 Å². The van der Waals surface area contributed by atoms with Gasteiger partial charge >= 0.3 is 0 Å². The van der Waals surface area contributed by atoms with Gasteiger partial charge in [0.05, 0.1) is 18.1 Å². The van der Waals surface area contributed by atoms with E-state index in [1.807, 2.05) is 37.4 Å². The molecule has 0 fully saturated rings. The van der Waals surface area contributed by atoms with Crippen molar-refractivity contribution in [2.75, 3.05) is 0 Å². The number of carbonyl (C=O) groups excluding carboxylic acids is 1. The number of rotatable bonds is 4. The molecule has 4 heterocycles. The van der Waals surface area contributed by atoms with Crippen LogP contribution in [0.2, 0.25) is 0 Å². The number of aryl methyl sites for hydroxylation is 1. The highest BCUT2D eigenvalue weighted by Gasteiger charge is 2.20. The molecule has 2 N–H and O–H groups in total. The number of amides is 1. The molecule has 0 aromatic carbocycles. The molecular weight excluding hydrogens is 342 g/mol. The highest BCUT2D eigenvalue weighted by atomic mass is 16.1. The summed E-state index contributed by atoms with van der Waals surface area (Å²) in [5, 5.41) is 9.16. The predicted octanol–water partition coefficient (Wildman–Crippen LogP) is 2.51. The fraction of sp³-hybridized carbons (Fsp3) is 0.211. The Hall–Kier alpha value is -3.55. The largest absolute Gasteiger partial charge is 0.364 e. The molecule has 0 radical (unpaired) electrons. The number of nitrogens with two attached hydrogens (primary N) is 1. The van der Waals surface area contributed by atoms with Crippen LogP contribution in [0.25, 0.3) is 22.9 Å². The van der Waals surface area contributed by atoms with E-state index in [0.29, 0.717) is 17.2 Å². The first-order valence-electron chi connectivity index (χ1n) is 8.62. The third-order valence-electron chi connectivity index (χ3n) is 4.37. The van der Waals surface area contributed by atoms with Crippen molar-refractivity contribution >= 4 is 11.6 Å². The van der Waals surface area contributed by atoms with Crippen LogP contribution in [0.5, 0.6) is 0 Å². The Morgan fingerprint density at radius 3 is 2.67 bits per heavy atom. The van der Waals surface area contributed by atoms with E-state index in [-0.39, 0.29) is 11.6 Å². The van der Waals surface area contributed by atoms with E-state index in [2.05, 4.69) is 34.0 Å². The number of pyridine rings is 1. The third kappa shape index (κ3) is 2.84. The third-order valence-corrected chi connectivity index (χ3v) is 4.37. The number of imidazole rings is 1. The molecule has 4 aromatic rings. The quantitative estimate of drug-likeness (QED) is 0.601. The van der Waals surface area contributed by atoms with Crippen LogP contribution in [0, 0.1) is 6.92 Å². The first kappa shape index (κ1) is 16.9. The van der Waals surface area contributed by atoms with E-state index in [1.54, 1.807) is 10.7 Å². The number of hydrogen-bond acceptors (Lipinski definition) is 5. The first-order valence-corrected chi connectivity index (χ1v) is 8.62. The summed E-state index contributed by atoms with van der Waals surface area (Å²) in [5.41, 5.74) is 9.65. The van der Waals surface area contributed by atoms with Gasteiger partial charge in [0.2, 0.25) is 0 Å². The van der Waals surface area contributed by atoms with Crippen molar-refractivity contribution in [2.24, 2.45) is 5.73 Å². The Morgan fingerprint density at radius 2 is 1.96 bits per heavy atom. The van der Waals surface area contributed by atoms with Crippen molar-refractivity contribution in [2.45, 2.75) is 26.7 Å². The van der Waals surface area contributed by atoms with Crippen molar-refractivity contribution in [3.63, 3.8) is 0 Å². The van der Waals surface area contributed by atoms with Gasteiger partial charge in [-0.3, -0.25) is 4.79 Å². The van der Waals surface area contributed by atoms with Gasteiger partial charge in [-0.25, -0.2) is 19.2 Å². The molecule has 27 heavy (non-hydrogen) atoms. The Morgan fingerprint density at radius 1 is 1.15 bits per heavy atom. The van der Waals surface area contributed by atoms with Gasteiger partial charge in [0.1, 0.15) is 11.4 Å². The standard InChI is InChI=1S/C19H19N7O/c1-11(2)13-9-22-26(17-6-4-5-12(3)23-17)18(13)14-7-8-16-21-10-15(19(20)27)25(16)24-14/h4-11H,1-3H3,(H2,20,27). The minimum absolute atomic E-state index is 0.231. The normalized spacial score (nSPS) is 11.4. The van der Waals surface area contributed by atoms with Gasteiger partial charge in [-0.05, 0) is 37.1 Å². The van der Waals surface area contributed by atoms with E-state index in [0.717, 1.165) is 17.0 Å². The van der Waals surface area contributed by atoms with E-state index in [9.17, 15) is 4.79 Å². The van der Waals surface area contributed by atoms with Gasteiger partial charge < -0.3 is 5.73 Å². The molecule has 0 unspecified atom stereocenters. The summed E-state index contributed by atoms with van der Waals surface area (Å²) in [7, 11) is 0. The summed E-state index contributed by atoms with van der Waals surface area (Å²) in [6.07, 6.45) is 3.26. The van der Waals surface area contributed by atoms with Gasteiger partial charge in [-0.2, -0.15) is 10.2 Å². The smallest absolute Gasteiger partial charge is 0.269 e. The van der Waals surface area contributed by atoms with Crippen LogP contribution in [0.15, 0.2) is 42.7 Å². The average Bonchev–Trinajstić information content (AvgIpc) is 3.25. The number of aromatic nitrogens is 6. The Balaban J connectivity index is 1.97. The van der Waals surface area contributed by atoms with Crippen molar-refractivity contribution in [1.29, 1.82) is 0 Å². The zero-order chi connectivity index (χ0) is 19.1. The second-order valence-corrected chi connectivity index (χ2v) is 6.65. The fourth-order valence-electron chi connectivity index (χ4n) is 3.03. The maximum atomic E-state index is 11.7. The zero-order valence-electron chi connectivity index (χ0n) is 15.3. The molecule has 4 rings (SSSR count). The van der Waals surface area contributed by atoms with Crippen LogP contribution in [0.1, 0.15) is 41.5 Å². The lowest BCUT2D eigenvalue weighted by Crippen LogP contribution is -2.15. The number of fused-ring (bicyclic) bond motifs is 1. The molecule has 0 saturated heterocycles. The van der Waals surface area contributed by atoms with Crippen molar-refractivity contribution in [3.05, 3.63) is 59.7 Å². The zero-order valence-corrected chi connectivity index (χ0v) is 15.3. The predicted molar refractivity (Wildman–Crippen MR) is 101 cm³/mol. The minimum atomic E-state index is -0.579.